The average Bonchev–Trinajstić information content (AvgIpc) is 2.41. The van der Waals surface area contributed by atoms with Crippen LogP contribution in [0, 0.1) is 3.57 Å². The molecule has 0 fully saturated rings. The van der Waals surface area contributed by atoms with Gasteiger partial charge in [0.15, 0.2) is 0 Å². The first kappa shape index (κ1) is 13.1. The van der Waals surface area contributed by atoms with Crippen molar-refractivity contribution >= 4 is 34.2 Å². The molecule has 0 bridgehead atoms. The van der Waals surface area contributed by atoms with Gasteiger partial charge in [-0.2, -0.15) is 0 Å². The second kappa shape index (κ2) is 6.00. The van der Waals surface area contributed by atoms with Gasteiger partial charge >= 0.3 is 0 Å². The summed E-state index contributed by atoms with van der Waals surface area (Å²) in [5.74, 6) is -0.0475. The molecule has 0 heterocycles. The fourth-order valence-corrected chi connectivity index (χ4v) is 2.14. The standard InChI is InChI=1S/C15H14INO/c1-2-11-5-3-4-6-14(11)15(18)17-13-9-7-12(16)8-10-13/h3-10H,2H2,1H3,(H,17,18). The summed E-state index contributed by atoms with van der Waals surface area (Å²) >= 11 is 2.24. The number of halogens is 1. The predicted molar refractivity (Wildman–Crippen MR) is 82.9 cm³/mol. The third-order valence-electron chi connectivity index (χ3n) is 2.74. The Bertz CT molecular complexity index is 549. The van der Waals surface area contributed by atoms with E-state index < -0.39 is 0 Å². The minimum absolute atomic E-state index is 0.0475. The number of anilines is 1. The van der Waals surface area contributed by atoms with Crippen molar-refractivity contribution in [3.63, 3.8) is 0 Å². The molecule has 0 aliphatic rings. The van der Waals surface area contributed by atoms with Crippen molar-refractivity contribution in [2.75, 3.05) is 5.32 Å². The van der Waals surface area contributed by atoms with E-state index in [4.69, 9.17) is 0 Å². The lowest BCUT2D eigenvalue weighted by molar-refractivity contribution is 0.102. The van der Waals surface area contributed by atoms with Gasteiger partial charge in [0.1, 0.15) is 0 Å². The summed E-state index contributed by atoms with van der Waals surface area (Å²) in [5.41, 5.74) is 2.64. The van der Waals surface area contributed by atoms with Gasteiger partial charge in [0.2, 0.25) is 0 Å². The first-order valence-electron chi connectivity index (χ1n) is 5.85. The molecule has 1 amide bonds. The quantitative estimate of drug-likeness (QED) is 0.829. The van der Waals surface area contributed by atoms with E-state index in [1.807, 2.05) is 48.5 Å². The normalized spacial score (nSPS) is 10.1. The Morgan fingerprint density at radius 3 is 2.44 bits per heavy atom. The molecule has 3 heteroatoms. The van der Waals surface area contributed by atoms with Gasteiger partial charge in [0, 0.05) is 14.8 Å². The summed E-state index contributed by atoms with van der Waals surface area (Å²) in [6.07, 6.45) is 0.857. The molecule has 2 aromatic carbocycles. The van der Waals surface area contributed by atoms with Crippen molar-refractivity contribution in [3.05, 3.63) is 63.2 Å². The largest absolute Gasteiger partial charge is 0.322 e. The van der Waals surface area contributed by atoms with Gasteiger partial charge in [-0.1, -0.05) is 25.1 Å². The summed E-state index contributed by atoms with van der Waals surface area (Å²) in [7, 11) is 0. The van der Waals surface area contributed by atoms with Crippen molar-refractivity contribution in [1.82, 2.24) is 0 Å². The van der Waals surface area contributed by atoms with Crippen LogP contribution in [0.1, 0.15) is 22.8 Å². The molecule has 0 radical (unpaired) electrons. The number of carbonyl (C=O) groups is 1. The smallest absolute Gasteiger partial charge is 0.255 e. The van der Waals surface area contributed by atoms with Gasteiger partial charge in [-0.05, 0) is 64.9 Å². The monoisotopic (exact) mass is 351 g/mol. The third-order valence-corrected chi connectivity index (χ3v) is 3.46. The molecule has 0 aliphatic carbocycles. The van der Waals surface area contributed by atoms with E-state index in [-0.39, 0.29) is 5.91 Å². The number of amides is 1. The van der Waals surface area contributed by atoms with Crippen molar-refractivity contribution in [2.24, 2.45) is 0 Å². The van der Waals surface area contributed by atoms with Crippen LogP contribution in [0.3, 0.4) is 0 Å². The van der Waals surface area contributed by atoms with Gasteiger partial charge in [-0.15, -0.1) is 0 Å². The van der Waals surface area contributed by atoms with Crippen LogP contribution in [0.5, 0.6) is 0 Å². The van der Waals surface area contributed by atoms with Crippen molar-refractivity contribution in [3.8, 4) is 0 Å². The predicted octanol–water partition coefficient (Wildman–Crippen LogP) is 4.11. The zero-order valence-corrected chi connectivity index (χ0v) is 12.3. The van der Waals surface area contributed by atoms with Crippen LogP contribution in [0.15, 0.2) is 48.5 Å². The molecule has 2 rings (SSSR count). The molecule has 18 heavy (non-hydrogen) atoms. The van der Waals surface area contributed by atoms with Crippen LogP contribution in [0.2, 0.25) is 0 Å². The van der Waals surface area contributed by atoms with E-state index in [0.717, 1.165) is 26.8 Å². The highest BCUT2D eigenvalue weighted by atomic mass is 127. The van der Waals surface area contributed by atoms with E-state index in [0.29, 0.717) is 0 Å². The zero-order chi connectivity index (χ0) is 13.0. The second-order valence-corrected chi connectivity index (χ2v) is 5.22. The van der Waals surface area contributed by atoms with E-state index in [2.05, 4.69) is 34.8 Å². The van der Waals surface area contributed by atoms with Gasteiger partial charge in [-0.3, -0.25) is 4.79 Å². The second-order valence-electron chi connectivity index (χ2n) is 3.97. The first-order valence-corrected chi connectivity index (χ1v) is 6.93. The summed E-state index contributed by atoms with van der Waals surface area (Å²) in [5, 5.41) is 2.92. The first-order chi connectivity index (χ1) is 8.70. The molecule has 0 unspecified atom stereocenters. The van der Waals surface area contributed by atoms with Crippen molar-refractivity contribution < 1.29 is 4.79 Å². The van der Waals surface area contributed by atoms with Gasteiger partial charge in [-0.25, -0.2) is 0 Å². The molecule has 0 saturated heterocycles. The number of benzene rings is 2. The highest BCUT2D eigenvalue weighted by Crippen LogP contribution is 2.15. The maximum absolute atomic E-state index is 12.2. The van der Waals surface area contributed by atoms with Crippen LogP contribution < -0.4 is 5.32 Å². The van der Waals surface area contributed by atoms with E-state index in [1.165, 1.54) is 0 Å². The van der Waals surface area contributed by atoms with Crippen LogP contribution in [-0.2, 0) is 6.42 Å². The molecule has 0 atom stereocenters. The molecule has 1 N–H and O–H groups in total. The highest BCUT2D eigenvalue weighted by molar-refractivity contribution is 14.1. The van der Waals surface area contributed by atoms with Crippen LogP contribution in [-0.4, -0.2) is 5.91 Å². The Morgan fingerprint density at radius 2 is 1.78 bits per heavy atom. The molecule has 92 valence electrons. The third kappa shape index (κ3) is 3.10. The number of hydrogen-bond donors (Lipinski definition) is 1. The number of nitrogens with one attached hydrogen (secondary N) is 1. The summed E-state index contributed by atoms with van der Waals surface area (Å²) in [4.78, 5) is 12.2. The van der Waals surface area contributed by atoms with Gasteiger partial charge < -0.3 is 5.32 Å². The van der Waals surface area contributed by atoms with Crippen molar-refractivity contribution in [2.45, 2.75) is 13.3 Å². The summed E-state index contributed by atoms with van der Waals surface area (Å²) in [6.45, 7) is 2.05. The molecular weight excluding hydrogens is 337 g/mol. The molecular formula is C15H14INO. The van der Waals surface area contributed by atoms with Gasteiger partial charge in [0.05, 0.1) is 0 Å². The average molecular weight is 351 g/mol. The number of hydrogen-bond acceptors (Lipinski definition) is 1. The number of aryl methyl sites for hydroxylation is 1. The fraction of sp³-hybridized carbons (Fsp3) is 0.133. The van der Waals surface area contributed by atoms with Crippen molar-refractivity contribution in [1.29, 1.82) is 0 Å². The Balaban J connectivity index is 2.19. The number of carbonyl (C=O) groups excluding carboxylic acids is 1. The van der Waals surface area contributed by atoms with Gasteiger partial charge in [0.25, 0.3) is 5.91 Å². The van der Waals surface area contributed by atoms with Crippen LogP contribution >= 0.6 is 22.6 Å². The van der Waals surface area contributed by atoms with Crippen LogP contribution in [0.25, 0.3) is 0 Å². The maximum atomic E-state index is 12.2. The van der Waals surface area contributed by atoms with E-state index >= 15 is 0 Å². The lowest BCUT2D eigenvalue weighted by Gasteiger charge is -2.08. The molecule has 0 spiro atoms. The molecule has 0 saturated carbocycles. The lowest BCUT2D eigenvalue weighted by atomic mass is 10.0. The molecule has 0 aromatic heterocycles. The SMILES string of the molecule is CCc1ccccc1C(=O)Nc1ccc(I)cc1. The minimum Gasteiger partial charge on any atom is -0.322 e. The Labute approximate surface area is 121 Å². The maximum Gasteiger partial charge on any atom is 0.255 e. The zero-order valence-electron chi connectivity index (χ0n) is 10.1. The Morgan fingerprint density at radius 1 is 1.11 bits per heavy atom. The molecule has 0 aliphatic heterocycles. The van der Waals surface area contributed by atoms with E-state index in [1.54, 1.807) is 0 Å². The fourth-order valence-electron chi connectivity index (χ4n) is 1.78. The molecule has 2 aromatic rings. The summed E-state index contributed by atoms with van der Waals surface area (Å²) < 4.78 is 1.15. The highest BCUT2D eigenvalue weighted by Gasteiger charge is 2.09. The Hall–Kier alpha value is -1.36. The lowest BCUT2D eigenvalue weighted by Crippen LogP contribution is -2.13. The van der Waals surface area contributed by atoms with Crippen LogP contribution in [0.4, 0.5) is 5.69 Å². The topological polar surface area (TPSA) is 29.1 Å². The Kier molecular flexibility index (Phi) is 4.36. The minimum atomic E-state index is -0.0475. The van der Waals surface area contributed by atoms with E-state index in [9.17, 15) is 4.79 Å². The summed E-state index contributed by atoms with van der Waals surface area (Å²) in [6, 6.07) is 15.5. The molecule has 2 nitrogen and oxygen atoms in total. The number of rotatable bonds is 3.